The van der Waals surface area contributed by atoms with Gasteiger partial charge in [-0.2, -0.15) is 0 Å². The smallest absolute Gasteiger partial charge is 0.240 e. The number of hydrogen-bond donors (Lipinski definition) is 2. The number of nitrogens with two attached hydrogens (primary N) is 1. The lowest BCUT2D eigenvalue weighted by molar-refractivity contribution is -0.123. The van der Waals surface area contributed by atoms with Gasteiger partial charge < -0.3 is 15.6 Å². The number of hydrogen-bond acceptors (Lipinski definition) is 3. The van der Waals surface area contributed by atoms with Gasteiger partial charge in [-0.3, -0.25) is 4.79 Å². The van der Waals surface area contributed by atoms with E-state index in [9.17, 15) is 4.79 Å². The lowest BCUT2D eigenvalue weighted by Gasteiger charge is -2.31. The van der Waals surface area contributed by atoms with Crippen LogP contribution in [0.1, 0.15) is 32.5 Å². The summed E-state index contributed by atoms with van der Waals surface area (Å²) in [5.74, 6) is 0.827. The Hall–Kier alpha value is -1.88. The maximum Gasteiger partial charge on any atom is 0.240 e. The Morgan fingerprint density at radius 3 is 2.62 bits per heavy atom. The lowest BCUT2D eigenvalue weighted by atomic mass is 9.93. The Kier molecular flexibility index (Phi) is 4.63. The zero-order valence-corrected chi connectivity index (χ0v) is 13.0. The van der Waals surface area contributed by atoms with Crippen LogP contribution >= 0.6 is 0 Å². The van der Waals surface area contributed by atoms with Gasteiger partial charge in [0.1, 0.15) is 12.4 Å². The molecular formula is C16H24N4O. The molecule has 2 rings (SSSR count). The maximum atomic E-state index is 12.4. The van der Waals surface area contributed by atoms with Crippen molar-refractivity contribution in [2.45, 2.75) is 45.7 Å². The van der Waals surface area contributed by atoms with Crippen molar-refractivity contribution in [3.63, 3.8) is 0 Å². The molecule has 0 saturated heterocycles. The molecule has 21 heavy (non-hydrogen) atoms. The number of nitrogens with zero attached hydrogens (tertiary/aromatic N) is 2. The number of aryl methyl sites for hydroxylation is 1. The van der Waals surface area contributed by atoms with E-state index in [1.54, 1.807) is 0 Å². The monoisotopic (exact) mass is 288 g/mol. The van der Waals surface area contributed by atoms with Crippen LogP contribution in [0.4, 0.5) is 0 Å². The zero-order valence-electron chi connectivity index (χ0n) is 13.0. The molecule has 0 bridgehead atoms. The lowest BCUT2D eigenvalue weighted by Crippen LogP contribution is -2.53. The van der Waals surface area contributed by atoms with Crippen molar-refractivity contribution in [1.82, 2.24) is 14.9 Å². The summed E-state index contributed by atoms with van der Waals surface area (Å²) in [5, 5.41) is 3.10. The second kappa shape index (κ2) is 6.26. The van der Waals surface area contributed by atoms with Crippen LogP contribution in [0.2, 0.25) is 0 Å². The number of aromatic nitrogens is 2. The van der Waals surface area contributed by atoms with Crippen LogP contribution in [0.3, 0.4) is 0 Å². The molecular weight excluding hydrogens is 264 g/mol. The van der Waals surface area contributed by atoms with Gasteiger partial charge in [-0.25, -0.2) is 4.98 Å². The third-order valence-electron chi connectivity index (χ3n) is 4.30. The van der Waals surface area contributed by atoms with Gasteiger partial charge >= 0.3 is 0 Å². The quantitative estimate of drug-likeness (QED) is 0.853. The summed E-state index contributed by atoms with van der Waals surface area (Å²) < 4.78 is 1.94. The van der Waals surface area contributed by atoms with Crippen molar-refractivity contribution in [2.24, 2.45) is 5.73 Å². The summed E-state index contributed by atoms with van der Waals surface area (Å²) in [7, 11) is 0. The van der Waals surface area contributed by atoms with E-state index in [-0.39, 0.29) is 18.0 Å². The van der Waals surface area contributed by atoms with E-state index in [0.29, 0.717) is 6.54 Å². The third kappa shape index (κ3) is 3.08. The van der Waals surface area contributed by atoms with Crippen molar-refractivity contribution in [3.05, 3.63) is 30.1 Å². The number of carbonyl (C=O) groups excluding carboxylic acids is 1. The summed E-state index contributed by atoms with van der Waals surface area (Å²) in [5.41, 5.74) is 7.43. The van der Waals surface area contributed by atoms with E-state index < -0.39 is 0 Å². The Morgan fingerprint density at radius 2 is 2.00 bits per heavy atom. The summed E-state index contributed by atoms with van der Waals surface area (Å²) in [6.45, 7) is 6.75. The van der Waals surface area contributed by atoms with Gasteiger partial charge in [-0.1, -0.05) is 26.0 Å². The molecule has 5 nitrogen and oxygen atoms in total. The summed E-state index contributed by atoms with van der Waals surface area (Å²) in [6, 6.07) is 7.85. The number of amides is 1. The molecule has 0 aliphatic rings. The van der Waals surface area contributed by atoms with Crippen molar-refractivity contribution in [2.75, 3.05) is 6.54 Å². The molecule has 1 amide bonds. The number of rotatable bonds is 6. The van der Waals surface area contributed by atoms with Crippen molar-refractivity contribution >= 4 is 16.9 Å². The number of para-hydroxylation sites is 2. The number of benzene rings is 1. The summed E-state index contributed by atoms with van der Waals surface area (Å²) in [4.78, 5) is 16.9. The molecule has 0 fully saturated rings. The maximum absolute atomic E-state index is 12.4. The molecule has 0 radical (unpaired) electrons. The minimum absolute atomic E-state index is 0.0181. The first kappa shape index (κ1) is 15.5. The van der Waals surface area contributed by atoms with Crippen LogP contribution in [0.25, 0.3) is 11.0 Å². The van der Waals surface area contributed by atoms with E-state index in [1.165, 1.54) is 0 Å². The third-order valence-corrected chi connectivity index (χ3v) is 4.30. The molecule has 1 aromatic heterocycles. The largest absolute Gasteiger partial charge is 0.348 e. The molecule has 0 spiro atoms. The van der Waals surface area contributed by atoms with Gasteiger partial charge in [0.25, 0.3) is 0 Å². The highest BCUT2D eigenvalue weighted by Gasteiger charge is 2.26. The molecule has 0 saturated carbocycles. The van der Waals surface area contributed by atoms with Crippen molar-refractivity contribution in [1.29, 1.82) is 0 Å². The predicted molar refractivity (Wildman–Crippen MR) is 85.0 cm³/mol. The Bertz CT molecular complexity index is 620. The summed E-state index contributed by atoms with van der Waals surface area (Å²) in [6.07, 6.45) is 1.66. The first-order chi connectivity index (χ1) is 10.0. The van der Waals surface area contributed by atoms with Crippen molar-refractivity contribution < 1.29 is 4.79 Å². The molecule has 0 unspecified atom stereocenters. The Balaban J connectivity index is 2.20. The molecule has 0 atom stereocenters. The first-order valence-corrected chi connectivity index (χ1v) is 7.48. The standard InChI is InChI=1S/C16H24N4O/c1-4-16(5-2,11-17)19-15(21)10-20-12(3)18-13-8-6-7-9-14(13)20/h6-9H,4-5,10-11,17H2,1-3H3,(H,19,21). The van der Waals surface area contributed by atoms with Gasteiger partial charge in [0.05, 0.1) is 16.6 Å². The van der Waals surface area contributed by atoms with Crippen LogP contribution < -0.4 is 11.1 Å². The molecule has 0 aliphatic heterocycles. The predicted octanol–water partition coefficient (Wildman–Crippen LogP) is 1.98. The average Bonchev–Trinajstić information content (AvgIpc) is 2.81. The van der Waals surface area contributed by atoms with Gasteiger partial charge in [-0.05, 0) is 31.9 Å². The van der Waals surface area contributed by atoms with Gasteiger partial charge in [-0.15, -0.1) is 0 Å². The highest BCUT2D eigenvalue weighted by atomic mass is 16.2. The molecule has 5 heteroatoms. The number of nitrogens with one attached hydrogen (secondary N) is 1. The SMILES string of the molecule is CCC(CC)(CN)NC(=O)Cn1c(C)nc2ccccc21. The molecule has 1 heterocycles. The first-order valence-electron chi connectivity index (χ1n) is 7.48. The highest BCUT2D eigenvalue weighted by molar-refractivity contribution is 5.81. The van der Waals surface area contributed by atoms with E-state index in [0.717, 1.165) is 29.7 Å². The van der Waals surface area contributed by atoms with Crippen LogP contribution in [-0.4, -0.2) is 27.5 Å². The van der Waals surface area contributed by atoms with Crippen LogP contribution in [0, 0.1) is 6.92 Å². The average molecular weight is 288 g/mol. The fourth-order valence-electron chi connectivity index (χ4n) is 2.64. The number of carbonyl (C=O) groups is 1. The van der Waals surface area contributed by atoms with E-state index >= 15 is 0 Å². The number of fused-ring (bicyclic) bond motifs is 1. The van der Waals surface area contributed by atoms with Gasteiger partial charge in [0.15, 0.2) is 0 Å². The minimum Gasteiger partial charge on any atom is -0.348 e. The Morgan fingerprint density at radius 1 is 1.33 bits per heavy atom. The van der Waals surface area contributed by atoms with Crippen molar-refractivity contribution in [3.8, 4) is 0 Å². The fraction of sp³-hybridized carbons (Fsp3) is 0.500. The minimum atomic E-state index is -0.304. The molecule has 114 valence electrons. The fourth-order valence-corrected chi connectivity index (χ4v) is 2.64. The second-order valence-electron chi connectivity index (χ2n) is 5.47. The van der Waals surface area contributed by atoms with Crippen LogP contribution in [0.15, 0.2) is 24.3 Å². The van der Waals surface area contributed by atoms with Crippen LogP contribution in [0.5, 0.6) is 0 Å². The van der Waals surface area contributed by atoms with Crippen LogP contribution in [-0.2, 0) is 11.3 Å². The van der Waals surface area contributed by atoms with E-state index in [1.807, 2.05) is 35.8 Å². The molecule has 1 aromatic carbocycles. The van der Waals surface area contributed by atoms with E-state index in [4.69, 9.17) is 5.73 Å². The van der Waals surface area contributed by atoms with Gasteiger partial charge in [0.2, 0.25) is 5.91 Å². The van der Waals surface area contributed by atoms with E-state index in [2.05, 4.69) is 24.1 Å². The van der Waals surface area contributed by atoms with Gasteiger partial charge in [0, 0.05) is 6.54 Å². The highest BCUT2D eigenvalue weighted by Crippen LogP contribution is 2.16. The molecule has 3 N–H and O–H groups in total. The second-order valence-corrected chi connectivity index (χ2v) is 5.47. The molecule has 2 aromatic rings. The normalized spacial score (nSPS) is 11.8. The topological polar surface area (TPSA) is 72.9 Å². The Labute approximate surface area is 125 Å². The zero-order chi connectivity index (χ0) is 15.5. The molecule has 0 aliphatic carbocycles. The summed E-state index contributed by atoms with van der Waals surface area (Å²) >= 11 is 0. The number of imidazole rings is 1.